The first-order valence-corrected chi connectivity index (χ1v) is 10.3. The lowest BCUT2D eigenvalue weighted by molar-refractivity contribution is -0.120. The van der Waals surface area contributed by atoms with Gasteiger partial charge in [0.2, 0.25) is 6.79 Å². The third-order valence-corrected chi connectivity index (χ3v) is 6.20. The molecule has 2 aliphatic rings. The van der Waals surface area contributed by atoms with Gasteiger partial charge in [-0.3, -0.25) is 9.59 Å². The molecule has 2 amide bonds. The molecule has 0 saturated carbocycles. The first-order chi connectivity index (χ1) is 14.5. The topological polar surface area (TPSA) is 67.9 Å². The maximum Gasteiger partial charge on any atom is 0.282 e. The molecule has 0 unspecified atom stereocenters. The Kier molecular flexibility index (Phi) is 4.33. The summed E-state index contributed by atoms with van der Waals surface area (Å²) in [6.45, 7) is 4.04. The van der Waals surface area contributed by atoms with E-state index in [2.05, 4.69) is 5.32 Å². The number of ether oxygens (including phenoxy) is 2. The largest absolute Gasteiger partial charge is 0.454 e. The number of imide groups is 1. The van der Waals surface area contributed by atoms with Crippen LogP contribution in [0.15, 0.2) is 59.6 Å². The van der Waals surface area contributed by atoms with Crippen molar-refractivity contribution < 1.29 is 19.1 Å². The predicted molar refractivity (Wildman–Crippen MR) is 116 cm³/mol. The van der Waals surface area contributed by atoms with E-state index in [4.69, 9.17) is 9.47 Å². The molecule has 30 heavy (non-hydrogen) atoms. The number of aryl methyl sites for hydroxylation is 1. The minimum absolute atomic E-state index is 0.166. The minimum Gasteiger partial charge on any atom is -0.454 e. The average molecular weight is 418 g/mol. The number of thiophene rings is 1. The molecule has 2 aliphatic heterocycles. The fourth-order valence-electron chi connectivity index (χ4n) is 3.61. The lowest BCUT2D eigenvalue weighted by Gasteiger charge is -2.19. The zero-order chi connectivity index (χ0) is 20.8. The van der Waals surface area contributed by atoms with Gasteiger partial charge in [0.1, 0.15) is 5.70 Å². The SMILES string of the molecule is Cc1cccc(N2C(=O)C(Nc3ccc4c(c3)OCO4)=C(c3cccs3)C2=O)c1C. The third kappa shape index (κ3) is 2.86. The first kappa shape index (κ1) is 18.4. The van der Waals surface area contributed by atoms with Crippen molar-refractivity contribution >= 4 is 40.1 Å². The van der Waals surface area contributed by atoms with Crippen LogP contribution in [0.2, 0.25) is 0 Å². The van der Waals surface area contributed by atoms with Gasteiger partial charge in [-0.15, -0.1) is 11.3 Å². The van der Waals surface area contributed by atoms with Crippen LogP contribution in [0.1, 0.15) is 16.0 Å². The second kappa shape index (κ2) is 7.03. The molecule has 3 aromatic rings. The number of carbonyl (C=O) groups is 2. The number of hydrogen-bond donors (Lipinski definition) is 1. The highest BCUT2D eigenvalue weighted by Crippen LogP contribution is 2.39. The summed E-state index contributed by atoms with van der Waals surface area (Å²) in [5.74, 6) is 0.537. The highest BCUT2D eigenvalue weighted by molar-refractivity contribution is 7.11. The van der Waals surface area contributed by atoms with Crippen molar-refractivity contribution in [3.05, 3.63) is 75.6 Å². The van der Waals surface area contributed by atoms with Crippen molar-refractivity contribution in [3.8, 4) is 11.5 Å². The van der Waals surface area contributed by atoms with Crippen LogP contribution in [-0.2, 0) is 9.59 Å². The van der Waals surface area contributed by atoms with Crippen molar-refractivity contribution in [1.29, 1.82) is 0 Å². The number of nitrogens with one attached hydrogen (secondary N) is 1. The molecule has 6 nitrogen and oxygen atoms in total. The Hall–Kier alpha value is -3.58. The average Bonchev–Trinajstić information content (AvgIpc) is 3.46. The maximum absolute atomic E-state index is 13.5. The van der Waals surface area contributed by atoms with E-state index >= 15 is 0 Å². The van der Waals surface area contributed by atoms with Crippen LogP contribution in [0.4, 0.5) is 11.4 Å². The second-order valence-electron chi connectivity index (χ2n) is 7.09. The Morgan fingerprint density at radius 3 is 2.60 bits per heavy atom. The molecular weight excluding hydrogens is 400 g/mol. The molecular formula is C23H18N2O4S. The second-order valence-corrected chi connectivity index (χ2v) is 8.03. The fourth-order valence-corrected chi connectivity index (χ4v) is 4.38. The predicted octanol–water partition coefficient (Wildman–Crippen LogP) is 4.49. The van der Waals surface area contributed by atoms with Crippen molar-refractivity contribution in [2.45, 2.75) is 13.8 Å². The summed E-state index contributed by atoms with van der Waals surface area (Å²) in [7, 11) is 0. The maximum atomic E-state index is 13.5. The number of rotatable bonds is 4. The molecule has 7 heteroatoms. The van der Waals surface area contributed by atoms with Gasteiger partial charge in [-0.1, -0.05) is 18.2 Å². The van der Waals surface area contributed by atoms with E-state index in [-0.39, 0.29) is 24.3 Å². The van der Waals surface area contributed by atoms with Gasteiger partial charge in [-0.05, 0) is 54.6 Å². The Labute approximate surface area is 177 Å². The zero-order valence-electron chi connectivity index (χ0n) is 16.4. The number of benzene rings is 2. The highest BCUT2D eigenvalue weighted by atomic mass is 32.1. The Morgan fingerprint density at radius 1 is 0.967 bits per heavy atom. The van der Waals surface area contributed by atoms with Gasteiger partial charge in [0.15, 0.2) is 11.5 Å². The monoisotopic (exact) mass is 418 g/mol. The van der Waals surface area contributed by atoms with E-state index in [1.54, 1.807) is 24.3 Å². The van der Waals surface area contributed by atoms with Crippen molar-refractivity contribution in [2.24, 2.45) is 0 Å². The molecule has 3 heterocycles. The van der Waals surface area contributed by atoms with Crippen LogP contribution in [-0.4, -0.2) is 18.6 Å². The number of anilines is 2. The summed E-state index contributed by atoms with van der Waals surface area (Å²) in [6.07, 6.45) is 0. The van der Waals surface area contributed by atoms with Crippen molar-refractivity contribution in [3.63, 3.8) is 0 Å². The van der Waals surface area contributed by atoms with Crippen LogP contribution in [0.5, 0.6) is 11.5 Å². The molecule has 5 rings (SSSR count). The van der Waals surface area contributed by atoms with Gasteiger partial charge >= 0.3 is 0 Å². The molecule has 1 aromatic heterocycles. The summed E-state index contributed by atoms with van der Waals surface area (Å²) in [6, 6.07) is 14.7. The number of nitrogens with zero attached hydrogens (tertiary/aromatic N) is 1. The van der Waals surface area contributed by atoms with Gasteiger partial charge in [0.25, 0.3) is 11.8 Å². The number of hydrogen-bond acceptors (Lipinski definition) is 6. The van der Waals surface area contributed by atoms with E-state index < -0.39 is 0 Å². The van der Waals surface area contributed by atoms with Gasteiger partial charge in [0.05, 0.1) is 11.3 Å². The number of carbonyl (C=O) groups excluding carboxylic acids is 2. The van der Waals surface area contributed by atoms with Crippen molar-refractivity contribution in [1.82, 2.24) is 0 Å². The van der Waals surface area contributed by atoms with Gasteiger partial charge in [-0.25, -0.2) is 4.90 Å². The summed E-state index contributed by atoms with van der Waals surface area (Å²) in [4.78, 5) is 28.9. The van der Waals surface area contributed by atoms with E-state index in [0.29, 0.717) is 28.4 Å². The summed E-state index contributed by atoms with van der Waals surface area (Å²) >= 11 is 1.42. The van der Waals surface area contributed by atoms with E-state index in [9.17, 15) is 9.59 Å². The Morgan fingerprint density at radius 2 is 1.80 bits per heavy atom. The lowest BCUT2D eigenvalue weighted by Crippen LogP contribution is -2.33. The van der Waals surface area contributed by atoms with Crippen LogP contribution in [0, 0.1) is 13.8 Å². The van der Waals surface area contributed by atoms with Crippen molar-refractivity contribution in [2.75, 3.05) is 17.0 Å². The van der Waals surface area contributed by atoms with Crippen LogP contribution >= 0.6 is 11.3 Å². The van der Waals surface area contributed by atoms with E-state index in [1.165, 1.54) is 16.2 Å². The smallest absolute Gasteiger partial charge is 0.282 e. The van der Waals surface area contributed by atoms with E-state index in [0.717, 1.165) is 16.0 Å². The van der Waals surface area contributed by atoms with Crippen LogP contribution < -0.4 is 19.7 Å². The molecule has 0 bridgehead atoms. The summed E-state index contributed by atoms with van der Waals surface area (Å²) < 4.78 is 10.8. The molecule has 0 atom stereocenters. The minimum atomic E-state index is -0.380. The number of amides is 2. The molecule has 0 fully saturated rings. The first-order valence-electron chi connectivity index (χ1n) is 9.44. The van der Waals surface area contributed by atoms with Gasteiger partial charge in [-0.2, -0.15) is 0 Å². The molecule has 2 aromatic carbocycles. The molecule has 0 spiro atoms. The molecule has 150 valence electrons. The van der Waals surface area contributed by atoms with E-state index in [1.807, 2.05) is 43.5 Å². The standard InChI is InChI=1S/C23H18N2O4S/c1-13-5-3-6-16(14(13)2)25-22(26)20(19-7-4-10-30-19)21(23(25)27)24-15-8-9-17-18(11-15)29-12-28-17/h3-11,24H,12H2,1-2H3. The third-order valence-electron chi connectivity index (χ3n) is 5.31. The zero-order valence-corrected chi connectivity index (χ0v) is 17.2. The molecule has 1 N–H and O–H groups in total. The normalized spacial score (nSPS) is 15.3. The fraction of sp³-hybridized carbons (Fsp3) is 0.130. The summed E-state index contributed by atoms with van der Waals surface area (Å²) in [5.41, 5.74) is 3.78. The highest BCUT2D eigenvalue weighted by Gasteiger charge is 2.41. The number of fused-ring (bicyclic) bond motifs is 1. The quantitative estimate of drug-likeness (QED) is 0.633. The van der Waals surface area contributed by atoms with Gasteiger partial charge < -0.3 is 14.8 Å². The van der Waals surface area contributed by atoms with Crippen LogP contribution in [0.25, 0.3) is 5.57 Å². The molecule has 0 saturated heterocycles. The Bertz CT molecular complexity index is 1210. The molecule has 0 aliphatic carbocycles. The Balaban J connectivity index is 1.59. The summed E-state index contributed by atoms with van der Waals surface area (Å²) in [5, 5.41) is 5.05. The molecule has 0 radical (unpaired) electrons. The van der Waals surface area contributed by atoms with Gasteiger partial charge in [0, 0.05) is 16.6 Å². The lowest BCUT2D eigenvalue weighted by atomic mass is 10.1. The van der Waals surface area contributed by atoms with Crippen LogP contribution in [0.3, 0.4) is 0 Å².